The van der Waals surface area contributed by atoms with E-state index in [1.807, 2.05) is 20.8 Å². The van der Waals surface area contributed by atoms with Crippen LogP contribution in [-0.4, -0.2) is 19.8 Å². The number of nitrogens with one attached hydrogen (secondary N) is 1. The largest absolute Gasteiger partial charge is 0.387 e. The van der Waals surface area contributed by atoms with E-state index in [-0.39, 0.29) is 1.43 Å². The Hall–Kier alpha value is -0.500. The van der Waals surface area contributed by atoms with Crippen LogP contribution < -0.4 is 5.32 Å². The highest BCUT2D eigenvalue weighted by molar-refractivity contribution is 4.83. The molecule has 1 N–H and O–H groups in total. The van der Waals surface area contributed by atoms with Gasteiger partial charge in [0.15, 0.2) is 0 Å². The lowest BCUT2D eigenvalue weighted by Gasteiger charge is -2.04. The Morgan fingerprint density at radius 3 is 2.42 bits per heavy atom. The fourth-order valence-corrected chi connectivity index (χ4v) is 0.583. The summed E-state index contributed by atoms with van der Waals surface area (Å²) in [5, 5.41) is 3.08. The van der Waals surface area contributed by atoms with Crippen LogP contribution >= 0.6 is 0 Å². The van der Waals surface area contributed by atoms with Crippen molar-refractivity contribution in [2.75, 3.05) is 19.8 Å². The Balaban J connectivity index is -0.000000309. The van der Waals surface area contributed by atoms with Crippen molar-refractivity contribution in [3.8, 4) is 0 Å². The van der Waals surface area contributed by atoms with Crippen molar-refractivity contribution in [3.05, 3.63) is 12.3 Å². The summed E-state index contributed by atoms with van der Waals surface area (Å²) in [6, 6.07) is 0. The molecular weight excluding hydrogens is 150 g/mol. The van der Waals surface area contributed by atoms with E-state index in [4.69, 9.17) is 4.74 Å². The maximum Gasteiger partial charge on any atom is 0.0638 e. The van der Waals surface area contributed by atoms with E-state index in [0.29, 0.717) is 0 Å². The van der Waals surface area contributed by atoms with E-state index < -0.39 is 0 Å². The zero-order chi connectivity index (χ0) is 9.82. The molecule has 2 heteroatoms. The molecule has 0 fully saturated rings. The fourth-order valence-electron chi connectivity index (χ4n) is 0.583. The van der Waals surface area contributed by atoms with Crippen molar-refractivity contribution in [2.24, 2.45) is 0 Å². The molecule has 0 saturated heterocycles. The molecule has 0 saturated carbocycles. The number of rotatable bonds is 6. The lowest BCUT2D eigenvalue weighted by molar-refractivity contribution is 0.138. The van der Waals surface area contributed by atoms with Gasteiger partial charge in [-0.3, -0.25) is 0 Å². The molecule has 0 aliphatic carbocycles. The standard InChI is InChI=1S/C8H17NO.C2H6.H2/c1-4-6-10-7-5-9-8(2)3;1-2;/h9H,2,4-7H2,1,3H3;1-2H3;1H. The van der Waals surface area contributed by atoms with E-state index in [9.17, 15) is 0 Å². The van der Waals surface area contributed by atoms with Gasteiger partial charge in [0, 0.05) is 20.3 Å². The summed E-state index contributed by atoms with van der Waals surface area (Å²) in [6.45, 7) is 14.3. The SMILES string of the molecule is C=C(C)NCCOCCC.CC.[HH]. The monoisotopic (exact) mass is 175 g/mol. The van der Waals surface area contributed by atoms with Crippen LogP contribution in [0.25, 0.3) is 0 Å². The summed E-state index contributed by atoms with van der Waals surface area (Å²) in [5.41, 5.74) is 1.00. The third-order valence-electron chi connectivity index (χ3n) is 1.02. The van der Waals surface area contributed by atoms with Gasteiger partial charge in [-0.05, 0) is 13.3 Å². The molecule has 0 aliphatic heterocycles. The quantitative estimate of drug-likeness (QED) is 0.627. The summed E-state index contributed by atoms with van der Waals surface area (Å²) in [5.74, 6) is 0. The Kier molecular flexibility index (Phi) is 15.4. The molecule has 0 atom stereocenters. The van der Waals surface area contributed by atoms with Crippen LogP contribution in [0.5, 0.6) is 0 Å². The first-order chi connectivity index (χ1) is 5.77. The number of hydrogen-bond donors (Lipinski definition) is 1. The lowest BCUT2D eigenvalue weighted by Crippen LogP contribution is -2.17. The van der Waals surface area contributed by atoms with E-state index in [1.165, 1.54) is 0 Å². The second-order valence-electron chi connectivity index (χ2n) is 2.32. The van der Waals surface area contributed by atoms with Crippen LogP contribution in [-0.2, 0) is 4.74 Å². The maximum atomic E-state index is 5.23. The molecule has 2 nitrogen and oxygen atoms in total. The van der Waals surface area contributed by atoms with Crippen molar-refractivity contribution >= 4 is 0 Å². The van der Waals surface area contributed by atoms with Crippen LogP contribution in [0.4, 0.5) is 0 Å². The fraction of sp³-hybridized carbons (Fsp3) is 0.800. The van der Waals surface area contributed by atoms with Gasteiger partial charge in [-0.25, -0.2) is 0 Å². The number of hydrogen-bond acceptors (Lipinski definition) is 2. The third-order valence-corrected chi connectivity index (χ3v) is 1.02. The molecule has 0 bridgehead atoms. The second kappa shape index (κ2) is 13.1. The van der Waals surface area contributed by atoms with Crippen LogP contribution in [0.15, 0.2) is 12.3 Å². The van der Waals surface area contributed by atoms with Crippen LogP contribution in [0.3, 0.4) is 0 Å². The van der Waals surface area contributed by atoms with Crippen molar-refractivity contribution < 1.29 is 6.16 Å². The Labute approximate surface area is 78.5 Å². The first-order valence-electron chi connectivity index (χ1n) is 4.74. The Morgan fingerprint density at radius 2 is 2.00 bits per heavy atom. The summed E-state index contributed by atoms with van der Waals surface area (Å²) in [4.78, 5) is 0. The molecule has 0 amide bonds. The first-order valence-corrected chi connectivity index (χ1v) is 4.74. The Morgan fingerprint density at radius 1 is 1.42 bits per heavy atom. The topological polar surface area (TPSA) is 21.3 Å². The van der Waals surface area contributed by atoms with Gasteiger partial charge in [0.25, 0.3) is 0 Å². The zero-order valence-corrected chi connectivity index (χ0v) is 8.94. The molecule has 12 heavy (non-hydrogen) atoms. The van der Waals surface area contributed by atoms with E-state index in [2.05, 4.69) is 18.8 Å². The van der Waals surface area contributed by atoms with Crippen LogP contribution in [0, 0.1) is 0 Å². The molecule has 0 rings (SSSR count). The molecule has 0 aliphatic rings. The molecule has 0 spiro atoms. The normalized spacial score (nSPS) is 8.33. The average molecular weight is 175 g/mol. The molecule has 0 aromatic rings. The van der Waals surface area contributed by atoms with Gasteiger partial charge < -0.3 is 10.1 Å². The zero-order valence-electron chi connectivity index (χ0n) is 8.94. The maximum absolute atomic E-state index is 5.23. The predicted octanol–water partition coefficient (Wildman–Crippen LogP) is 2.81. The van der Waals surface area contributed by atoms with Gasteiger partial charge in [-0.1, -0.05) is 27.4 Å². The molecular formula is C10H25NO. The summed E-state index contributed by atoms with van der Waals surface area (Å²) >= 11 is 0. The second-order valence-corrected chi connectivity index (χ2v) is 2.32. The third kappa shape index (κ3) is 16.2. The summed E-state index contributed by atoms with van der Waals surface area (Å²) < 4.78 is 5.23. The van der Waals surface area contributed by atoms with Crippen molar-refractivity contribution in [1.82, 2.24) is 5.32 Å². The minimum Gasteiger partial charge on any atom is -0.387 e. The van der Waals surface area contributed by atoms with Crippen molar-refractivity contribution in [2.45, 2.75) is 34.1 Å². The first kappa shape index (κ1) is 14.0. The van der Waals surface area contributed by atoms with E-state index in [1.54, 1.807) is 0 Å². The Bertz CT molecular complexity index is 96.9. The van der Waals surface area contributed by atoms with E-state index >= 15 is 0 Å². The minimum atomic E-state index is 0. The molecule has 0 aromatic carbocycles. The van der Waals surface area contributed by atoms with Gasteiger partial charge in [0.1, 0.15) is 0 Å². The highest BCUT2D eigenvalue weighted by Crippen LogP contribution is 1.80. The molecule has 0 heterocycles. The highest BCUT2D eigenvalue weighted by atomic mass is 16.5. The molecule has 76 valence electrons. The summed E-state index contributed by atoms with van der Waals surface area (Å²) in [6.07, 6.45) is 1.09. The summed E-state index contributed by atoms with van der Waals surface area (Å²) in [7, 11) is 0. The number of allylic oxidation sites excluding steroid dienone is 1. The van der Waals surface area contributed by atoms with Crippen molar-refractivity contribution in [3.63, 3.8) is 0 Å². The number of ether oxygens (including phenoxy) is 1. The molecule has 0 unspecified atom stereocenters. The van der Waals surface area contributed by atoms with Gasteiger partial charge in [0.2, 0.25) is 0 Å². The smallest absolute Gasteiger partial charge is 0.0638 e. The van der Waals surface area contributed by atoms with Gasteiger partial charge in [0.05, 0.1) is 6.61 Å². The van der Waals surface area contributed by atoms with Gasteiger partial charge >= 0.3 is 0 Å². The predicted molar refractivity (Wildman–Crippen MR) is 57.4 cm³/mol. The average Bonchev–Trinajstić information content (AvgIpc) is 2.07. The van der Waals surface area contributed by atoms with E-state index in [0.717, 1.165) is 31.9 Å². The van der Waals surface area contributed by atoms with Gasteiger partial charge in [-0.15, -0.1) is 0 Å². The van der Waals surface area contributed by atoms with Crippen LogP contribution in [0.2, 0.25) is 0 Å². The van der Waals surface area contributed by atoms with Crippen LogP contribution in [0.1, 0.15) is 35.5 Å². The lowest BCUT2D eigenvalue weighted by atomic mass is 10.5. The highest BCUT2D eigenvalue weighted by Gasteiger charge is 1.85. The molecule has 0 radical (unpaired) electrons. The minimum absolute atomic E-state index is 0. The molecule has 0 aromatic heterocycles. The van der Waals surface area contributed by atoms with Gasteiger partial charge in [-0.2, -0.15) is 0 Å². The van der Waals surface area contributed by atoms with Crippen molar-refractivity contribution in [1.29, 1.82) is 0 Å².